The zero-order valence-corrected chi connectivity index (χ0v) is 15.2. The van der Waals surface area contributed by atoms with E-state index in [9.17, 15) is 19.7 Å². The Morgan fingerprint density at radius 2 is 1.89 bits per heavy atom. The van der Waals surface area contributed by atoms with E-state index < -0.39 is 23.4 Å². The van der Waals surface area contributed by atoms with E-state index in [0.29, 0.717) is 11.1 Å². The highest BCUT2D eigenvalue weighted by Crippen LogP contribution is 2.29. The number of hydrogen-bond donors (Lipinski definition) is 1. The molecule has 0 spiro atoms. The number of nitro benzene ring substituents is 1. The van der Waals surface area contributed by atoms with Crippen molar-refractivity contribution in [3.05, 3.63) is 69.1 Å². The minimum Gasteiger partial charge on any atom is -0.451 e. The molecule has 1 N–H and O–H groups in total. The summed E-state index contributed by atoms with van der Waals surface area (Å²) in [6.45, 7) is 1.63. The third-order valence-electron chi connectivity index (χ3n) is 3.89. The number of ether oxygens (including phenoxy) is 1. The van der Waals surface area contributed by atoms with Gasteiger partial charge in [0.2, 0.25) is 0 Å². The third-order valence-corrected chi connectivity index (χ3v) is 4.99. The number of nitrogens with zero attached hydrogens (tertiary/aromatic N) is 1. The Morgan fingerprint density at radius 1 is 1.15 bits per heavy atom. The van der Waals surface area contributed by atoms with Crippen LogP contribution in [-0.2, 0) is 16.0 Å². The first kappa shape index (κ1) is 18.5. The molecule has 0 aliphatic carbocycles. The lowest BCUT2D eigenvalue weighted by Crippen LogP contribution is -2.20. The molecule has 8 heteroatoms. The number of amides is 1. The van der Waals surface area contributed by atoms with Crippen molar-refractivity contribution in [2.75, 3.05) is 11.9 Å². The topological polar surface area (TPSA) is 98.5 Å². The van der Waals surface area contributed by atoms with Gasteiger partial charge in [-0.15, -0.1) is 11.3 Å². The first-order valence-electron chi connectivity index (χ1n) is 8.20. The number of carbonyl (C=O) groups excluding carboxylic acids is 2. The molecular weight excluding hydrogens is 368 g/mol. The highest BCUT2D eigenvalue weighted by molar-refractivity contribution is 7.20. The Bertz CT molecular complexity index is 1010. The average Bonchev–Trinajstić information content (AvgIpc) is 3.10. The quantitative estimate of drug-likeness (QED) is 0.391. The minimum atomic E-state index is -0.643. The molecule has 138 valence electrons. The summed E-state index contributed by atoms with van der Waals surface area (Å²) in [6.07, 6.45) is 0.907. The highest BCUT2D eigenvalue weighted by Gasteiger charge is 2.15. The van der Waals surface area contributed by atoms with Gasteiger partial charge in [0.25, 0.3) is 11.6 Å². The van der Waals surface area contributed by atoms with Crippen molar-refractivity contribution in [2.24, 2.45) is 0 Å². The van der Waals surface area contributed by atoms with Gasteiger partial charge in [-0.1, -0.05) is 19.1 Å². The van der Waals surface area contributed by atoms with Crippen LogP contribution in [0.25, 0.3) is 10.1 Å². The van der Waals surface area contributed by atoms with Gasteiger partial charge in [0.05, 0.1) is 4.92 Å². The lowest BCUT2D eigenvalue weighted by Gasteiger charge is -2.06. The molecule has 1 heterocycles. The Morgan fingerprint density at radius 3 is 2.56 bits per heavy atom. The van der Waals surface area contributed by atoms with Crippen LogP contribution in [0.5, 0.6) is 0 Å². The number of thiophene rings is 1. The summed E-state index contributed by atoms with van der Waals surface area (Å²) in [4.78, 5) is 34.7. The summed E-state index contributed by atoms with van der Waals surface area (Å²) in [5.41, 5.74) is 1.74. The van der Waals surface area contributed by atoms with Gasteiger partial charge >= 0.3 is 5.97 Å². The average molecular weight is 384 g/mol. The predicted molar refractivity (Wildman–Crippen MR) is 103 cm³/mol. The van der Waals surface area contributed by atoms with Crippen LogP contribution in [0, 0.1) is 10.1 Å². The van der Waals surface area contributed by atoms with Gasteiger partial charge in [0.1, 0.15) is 4.88 Å². The highest BCUT2D eigenvalue weighted by atomic mass is 32.1. The second-order valence-electron chi connectivity index (χ2n) is 5.76. The molecule has 0 radical (unpaired) electrons. The fourth-order valence-electron chi connectivity index (χ4n) is 2.47. The first-order chi connectivity index (χ1) is 13.0. The van der Waals surface area contributed by atoms with Crippen LogP contribution in [0.15, 0.2) is 48.5 Å². The molecular formula is C19H16N2O5S. The summed E-state index contributed by atoms with van der Waals surface area (Å²) < 4.78 is 5.77. The first-order valence-corrected chi connectivity index (χ1v) is 9.02. The fourth-order valence-corrected chi connectivity index (χ4v) is 3.40. The maximum atomic E-state index is 12.1. The number of rotatable bonds is 6. The maximum absolute atomic E-state index is 12.1. The van der Waals surface area contributed by atoms with E-state index in [-0.39, 0.29) is 10.6 Å². The van der Waals surface area contributed by atoms with Crippen LogP contribution in [0.2, 0.25) is 0 Å². The number of hydrogen-bond acceptors (Lipinski definition) is 6. The van der Waals surface area contributed by atoms with Crippen molar-refractivity contribution < 1.29 is 19.2 Å². The van der Waals surface area contributed by atoms with Crippen LogP contribution < -0.4 is 5.32 Å². The van der Waals surface area contributed by atoms with Gasteiger partial charge in [-0.2, -0.15) is 0 Å². The SMILES string of the molecule is CCc1ccc(NC(=O)COC(=O)c2cc3cc([N+](=O)[O-])ccc3s2)cc1. The number of nitrogens with one attached hydrogen (secondary N) is 1. The molecule has 27 heavy (non-hydrogen) atoms. The number of carbonyl (C=O) groups is 2. The zero-order chi connectivity index (χ0) is 19.4. The predicted octanol–water partition coefficient (Wildman–Crippen LogP) is 4.17. The van der Waals surface area contributed by atoms with E-state index in [1.165, 1.54) is 18.2 Å². The van der Waals surface area contributed by atoms with Crippen molar-refractivity contribution in [1.29, 1.82) is 0 Å². The molecule has 0 unspecified atom stereocenters. The molecule has 3 rings (SSSR count). The van der Waals surface area contributed by atoms with Crippen LogP contribution in [0.1, 0.15) is 22.2 Å². The maximum Gasteiger partial charge on any atom is 0.348 e. The van der Waals surface area contributed by atoms with Crippen LogP contribution >= 0.6 is 11.3 Å². The van der Waals surface area contributed by atoms with Crippen LogP contribution in [-0.4, -0.2) is 23.4 Å². The molecule has 1 aromatic heterocycles. The van der Waals surface area contributed by atoms with Gasteiger partial charge < -0.3 is 10.1 Å². The molecule has 0 bridgehead atoms. The second-order valence-corrected chi connectivity index (χ2v) is 6.85. The minimum absolute atomic E-state index is 0.0475. The van der Waals surface area contributed by atoms with E-state index in [0.717, 1.165) is 28.0 Å². The molecule has 0 aliphatic heterocycles. The Hall–Kier alpha value is -3.26. The Kier molecular flexibility index (Phi) is 5.46. The summed E-state index contributed by atoms with van der Waals surface area (Å²) >= 11 is 1.16. The fraction of sp³-hybridized carbons (Fsp3) is 0.158. The molecule has 2 aromatic carbocycles. The van der Waals surface area contributed by atoms with Gasteiger partial charge in [-0.3, -0.25) is 14.9 Å². The largest absolute Gasteiger partial charge is 0.451 e. The Labute approximate surface area is 158 Å². The van der Waals surface area contributed by atoms with E-state index in [1.54, 1.807) is 18.2 Å². The monoisotopic (exact) mass is 384 g/mol. The standard InChI is InChI=1S/C19H16N2O5S/c1-2-12-3-5-14(6-4-12)20-18(22)11-26-19(23)17-10-13-9-15(21(24)25)7-8-16(13)27-17/h3-10H,2,11H2,1H3,(H,20,22). The van der Waals surface area contributed by atoms with E-state index in [2.05, 4.69) is 5.32 Å². The van der Waals surface area contributed by atoms with Gasteiger partial charge in [0.15, 0.2) is 6.61 Å². The lowest BCUT2D eigenvalue weighted by atomic mass is 10.1. The van der Waals surface area contributed by atoms with Gasteiger partial charge in [0, 0.05) is 27.9 Å². The molecule has 1 amide bonds. The molecule has 0 fully saturated rings. The van der Waals surface area contributed by atoms with Crippen molar-refractivity contribution in [3.8, 4) is 0 Å². The molecule has 0 aliphatic rings. The summed E-state index contributed by atoms with van der Waals surface area (Å²) in [6, 6.07) is 13.3. The van der Waals surface area contributed by atoms with E-state index in [4.69, 9.17) is 4.74 Å². The molecule has 7 nitrogen and oxygen atoms in total. The number of fused-ring (bicyclic) bond motifs is 1. The van der Waals surface area contributed by atoms with Gasteiger partial charge in [-0.25, -0.2) is 4.79 Å². The molecule has 0 atom stereocenters. The normalized spacial score (nSPS) is 10.6. The summed E-state index contributed by atoms with van der Waals surface area (Å²) in [7, 11) is 0. The van der Waals surface area contributed by atoms with Crippen molar-refractivity contribution in [2.45, 2.75) is 13.3 Å². The van der Waals surface area contributed by atoms with Crippen LogP contribution in [0.4, 0.5) is 11.4 Å². The second kappa shape index (κ2) is 7.96. The summed E-state index contributed by atoms with van der Waals surface area (Å²) in [5.74, 6) is -1.08. The van der Waals surface area contributed by atoms with E-state index >= 15 is 0 Å². The van der Waals surface area contributed by atoms with Gasteiger partial charge in [-0.05, 0) is 36.2 Å². The third kappa shape index (κ3) is 4.48. The molecule has 0 saturated carbocycles. The number of aryl methyl sites for hydroxylation is 1. The lowest BCUT2D eigenvalue weighted by molar-refractivity contribution is -0.384. The molecule has 3 aromatic rings. The van der Waals surface area contributed by atoms with Crippen molar-refractivity contribution in [1.82, 2.24) is 0 Å². The number of nitro groups is 1. The van der Waals surface area contributed by atoms with Crippen LogP contribution in [0.3, 0.4) is 0 Å². The van der Waals surface area contributed by atoms with E-state index in [1.807, 2.05) is 19.1 Å². The number of benzene rings is 2. The Balaban J connectivity index is 1.60. The zero-order valence-electron chi connectivity index (χ0n) is 14.4. The summed E-state index contributed by atoms with van der Waals surface area (Å²) in [5, 5.41) is 14.1. The molecule has 0 saturated heterocycles. The number of esters is 1. The number of non-ortho nitro benzene ring substituents is 1. The smallest absolute Gasteiger partial charge is 0.348 e. The van der Waals surface area contributed by atoms with Crippen molar-refractivity contribution in [3.63, 3.8) is 0 Å². The number of anilines is 1. The van der Waals surface area contributed by atoms with Crippen molar-refractivity contribution >= 4 is 44.7 Å².